The van der Waals surface area contributed by atoms with E-state index in [4.69, 9.17) is 0 Å². The molecule has 1 saturated heterocycles. The molecule has 0 radical (unpaired) electrons. The zero-order valence-electron chi connectivity index (χ0n) is 17.1. The minimum Gasteiger partial charge on any atom is -0.434 e. The van der Waals surface area contributed by atoms with Gasteiger partial charge in [-0.3, -0.25) is 30.0 Å². The fraction of sp³-hybridized carbons (Fsp3) is 0.524. The number of cyclic esters (lactones) is 1. The molecule has 30 heavy (non-hydrogen) atoms. The summed E-state index contributed by atoms with van der Waals surface area (Å²) < 4.78 is 4.65. The lowest BCUT2D eigenvalue weighted by Gasteiger charge is -2.35. The van der Waals surface area contributed by atoms with Crippen LogP contribution in [0.25, 0.3) is 0 Å². The number of amides is 3. The molecular weight excluding hydrogens is 390 g/mol. The molecule has 1 saturated carbocycles. The van der Waals surface area contributed by atoms with Crippen LogP contribution in [0.2, 0.25) is 0 Å². The van der Waals surface area contributed by atoms with Crippen molar-refractivity contribution in [1.82, 2.24) is 16.2 Å². The molecule has 0 aromatic heterocycles. The average molecular weight is 417 g/mol. The van der Waals surface area contributed by atoms with Crippen LogP contribution in [-0.2, 0) is 19.1 Å². The van der Waals surface area contributed by atoms with E-state index >= 15 is 0 Å². The van der Waals surface area contributed by atoms with Crippen LogP contribution < -0.4 is 16.2 Å². The van der Waals surface area contributed by atoms with Gasteiger partial charge in [0.2, 0.25) is 12.2 Å². The monoisotopic (exact) mass is 417 g/mol. The highest BCUT2D eigenvalue weighted by Crippen LogP contribution is 2.37. The van der Waals surface area contributed by atoms with Crippen LogP contribution in [0.1, 0.15) is 60.0 Å². The zero-order chi connectivity index (χ0) is 21.9. The van der Waals surface area contributed by atoms with Gasteiger partial charge in [-0.05, 0) is 37.8 Å². The van der Waals surface area contributed by atoms with Crippen molar-refractivity contribution >= 4 is 23.7 Å². The lowest BCUT2D eigenvalue weighted by Crippen LogP contribution is -2.58. The third-order valence-electron chi connectivity index (χ3n) is 5.87. The predicted octanol–water partition coefficient (Wildman–Crippen LogP) is 0.765. The fourth-order valence-corrected chi connectivity index (χ4v) is 4.15. The van der Waals surface area contributed by atoms with E-state index in [1.54, 1.807) is 26.0 Å². The van der Waals surface area contributed by atoms with Crippen LogP contribution in [-0.4, -0.2) is 41.1 Å². The molecule has 2 atom stereocenters. The van der Waals surface area contributed by atoms with Gasteiger partial charge in [-0.2, -0.15) is 0 Å². The van der Waals surface area contributed by atoms with E-state index in [2.05, 4.69) is 20.9 Å². The smallest absolute Gasteiger partial charge is 0.310 e. The summed E-state index contributed by atoms with van der Waals surface area (Å²) >= 11 is 0. The van der Waals surface area contributed by atoms with Crippen LogP contribution in [0.4, 0.5) is 0 Å². The van der Waals surface area contributed by atoms with Gasteiger partial charge in [0, 0.05) is 5.56 Å². The number of esters is 1. The van der Waals surface area contributed by atoms with Gasteiger partial charge in [0.15, 0.2) is 0 Å². The Bertz CT molecular complexity index is 842. The molecule has 2 fully saturated rings. The van der Waals surface area contributed by atoms with Gasteiger partial charge in [0.05, 0.1) is 6.42 Å². The van der Waals surface area contributed by atoms with Gasteiger partial charge >= 0.3 is 5.97 Å². The molecule has 9 heteroatoms. The van der Waals surface area contributed by atoms with Gasteiger partial charge < -0.3 is 15.2 Å². The van der Waals surface area contributed by atoms with Crippen LogP contribution in [0.5, 0.6) is 0 Å². The first-order valence-electron chi connectivity index (χ1n) is 10.1. The van der Waals surface area contributed by atoms with E-state index in [0.717, 1.165) is 17.5 Å². The number of nitrogens with one attached hydrogen (secondary N) is 3. The normalized spacial score (nSPS) is 22.7. The van der Waals surface area contributed by atoms with E-state index in [9.17, 15) is 24.3 Å². The van der Waals surface area contributed by atoms with Crippen LogP contribution in [0, 0.1) is 19.3 Å². The second kappa shape index (κ2) is 8.83. The first-order valence-corrected chi connectivity index (χ1v) is 10.1. The van der Waals surface area contributed by atoms with Gasteiger partial charge in [-0.1, -0.05) is 37.5 Å². The maximum Gasteiger partial charge on any atom is 0.310 e. The molecule has 0 bridgehead atoms. The quantitative estimate of drug-likeness (QED) is 0.325. The Balaban J connectivity index is 1.71. The molecule has 4 N–H and O–H groups in total. The number of aryl methyl sites for hydroxylation is 2. The Hall–Kier alpha value is -2.94. The molecule has 1 aromatic carbocycles. The van der Waals surface area contributed by atoms with Crippen molar-refractivity contribution in [2.24, 2.45) is 5.41 Å². The van der Waals surface area contributed by atoms with Gasteiger partial charge in [-0.15, -0.1) is 0 Å². The number of aliphatic hydroxyl groups excluding tert-OH is 1. The first kappa shape index (κ1) is 21.8. The summed E-state index contributed by atoms with van der Waals surface area (Å²) in [6.07, 6.45) is 1.26. The standard InChI is InChI=1S/C21H27N3O6/c1-12-7-6-8-13(2)16(12)17(26)23-24-20(29)21(9-4-3-5-10-21)19(28)22-14-11-15(25)30-18(14)27/h6-8,14,18,27H,3-5,9-11H2,1-2H3,(H,22,28)(H,23,26)(H,24,29)/t14-,18?/m0/s1. The summed E-state index contributed by atoms with van der Waals surface area (Å²) in [5.74, 6) is -2.27. The third-order valence-corrected chi connectivity index (χ3v) is 5.87. The molecule has 3 amide bonds. The summed E-state index contributed by atoms with van der Waals surface area (Å²) in [6.45, 7) is 3.60. The van der Waals surface area contributed by atoms with Gasteiger partial charge in [-0.25, -0.2) is 0 Å². The van der Waals surface area contributed by atoms with E-state index < -0.39 is 41.4 Å². The van der Waals surface area contributed by atoms with Gasteiger partial charge in [0.1, 0.15) is 11.5 Å². The Morgan fingerprint density at radius 1 is 1.03 bits per heavy atom. The Morgan fingerprint density at radius 2 is 1.67 bits per heavy atom. The van der Waals surface area contributed by atoms with E-state index in [1.165, 1.54) is 0 Å². The fourth-order valence-electron chi connectivity index (χ4n) is 4.15. The van der Waals surface area contributed by atoms with Gasteiger partial charge in [0.25, 0.3) is 11.8 Å². The Morgan fingerprint density at radius 3 is 2.23 bits per heavy atom. The molecule has 1 unspecified atom stereocenters. The maximum absolute atomic E-state index is 13.0. The van der Waals surface area contributed by atoms with Crippen molar-refractivity contribution in [2.75, 3.05) is 0 Å². The summed E-state index contributed by atoms with van der Waals surface area (Å²) in [6, 6.07) is 4.54. The second-order valence-electron chi connectivity index (χ2n) is 7.98. The lowest BCUT2D eigenvalue weighted by atomic mass is 9.72. The Labute approximate surface area is 174 Å². The summed E-state index contributed by atoms with van der Waals surface area (Å²) in [5.41, 5.74) is 5.44. The Kier molecular flexibility index (Phi) is 6.40. The molecular formula is C21H27N3O6. The van der Waals surface area contributed by atoms with Crippen molar-refractivity contribution in [2.45, 2.75) is 64.7 Å². The summed E-state index contributed by atoms with van der Waals surface area (Å²) in [7, 11) is 0. The highest BCUT2D eigenvalue weighted by Gasteiger charge is 2.48. The van der Waals surface area contributed by atoms with Crippen LogP contribution >= 0.6 is 0 Å². The number of hydrogen-bond donors (Lipinski definition) is 4. The van der Waals surface area contributed by atoms with Crippen molar-refractivity contribution in [3.63, 3.8) is 0 Å². The van der Waals surface area contributed by atoms with Crippen molar-refractivity contribution in [1.29, 1.82) is 0 Å². The van der Waals surface area contributed by atoms with Crippen molar-refractivity contribution < 1.29 is 29.0 Å². The molecule has 1 aliphatic carbocycles. The van der Waals surface area contributed by atoms with E-state index in [-0.39, 0.29) is 6.42 Å². The molecule has 1 aliphatic heterocycles. The highest BCUT2D eigenvalue weighted by molar-refractivity contribution is 6.06. The predicted molar refractivity (Wildman–Crippen MR) is 106 cm³/mol. The van der Waals surface area contributed by atoms with Crippen LogP contribution in [0.3, 0.4) is 0 Å². The SMILES string of the molecule is Cc1cccc(C)c1C(=O)NNC(=O)C1(C(=O)N[C@H]2CC(=O)OC2O)CCCCC1. The zero-order valence-corrected chi connectivity index (χ0v) is 17.1. The minimum absolute atomic E-state index is 0.159. The largest absolute Gasteiger partial charge is 0.434 e. The van der Waals surface area contributed by atoms with Crippen molar-refractivity contribution in [3.8, 4) is 0 Å². The van der Waals surface area contributed by atoms with E-state index in [1.807, 2.05) is 6.07 Å². The number of hydrogen-bond acceptors (Lipinski definition) is 6. The molecule has 1 heterocycles. The number of rotatable bonds is 4. The second-order valence-corrected chi connectivity index (χ2v) is 7.98. The number of carbonyl (C=O) groups is 4. The highest BCUT2D eigenvalue weighted by atomic mass is 16.6. The summed E-state index contributed by atoms with van der Waals surface area (Å²) in [5, 5.41) is 12.3. The number of hydrazine groups is 1. The minimum atomic E-state index is -1.44. The lowest BCUT2D eigenvalue weighted by molar-refractivity contribution is -0.157. The number of benzene rings is 1. The molecule has 9 nitrogen and oxygen atoms in total. The number of carbonyl (C=O) groups excluding carboxylic acids is 4. The summed E-state index contributed by atoms with van der Waals surface area (Å²) in [4.78, 5) is 50.0. The topological polar surface area (TPSA) is 134 Å². The molecule has 1 aromatic rings. The molecule has 2 aliphatic rings. The number of ether oxygens (including phenoxy) is 1. The third kappa shape index (κ3) is 4.30. The average Bonchev–Trinajstić information content (AvgIpc) is 3.03. The number of aliphatic hydroxyl groups is 1. The molecule has 0 spiro atoms. The van der Waals surface area contributed by atoms with Crippen LogP contribution in [0.15, 0.2) is 18.2 Å². The first-order chi connectivity index (χ1) is 14.2. The maximum atomic E-state index is 13.0. The van der Waals surface area contributed by atoms with Crippen molar-refractivity contribution in [3.05, 3.63) is 34.9 Å². The van der Waals surface area contributed by atoms with E-state index in [0.29, 0.717) is 31.2 Å². The molecule has 162 valence electrons. The molecule has 3 rings (SSSR count).